The highest BCUT2D eigenvalue weighted by molar-refractivity contribution is 7.89. The zero-order valence-electron chi connectivity index (χ0n) is 12.8. The van der Waals surface area contributed by atoms with Gasteiger partial charge >= 0.3 is 12.2 Å². The van der Waals surface area contributed by atoms with E-state index in [1.54, 1.807) is 20.8 Å². The monoisotopic (exact) mass is 336 g/mol. The molecule has 0 aromatic rings. The van der Waals surface area contributed by atoms with E-state index in [1.165, 1.54) is 11.9 Å². The van der Waals surface area contributed by atoms with E-state index in [2.05, 4.69) is 4.99 Å². The van der Waals surface area contributed by atoms with Crippen molar-refractivity contribution in [1.82, 2.24) is 9.80 Å². The van der Waals surface area contributed by atoms with Gasteiger partial charge in [-0.25, -0.2) is 23.1 Å². The summed E-state index contributed by atoms with van der Waals surface area (Å²) >= 11 is 0. The summed E-state index contributed by atoms with van der Waals surface area (Å²) in [4.78, 5) is 28.4. The maximum absolute atomic E-state index is 11.7. The van der Waals surface area contributed by atoms with E-state index >= 15 is 0 Å². The van der Waals surface area contributed by atoms with Gasteiger partial charge in [-0.2, -0.15) is 0 Å². The Hall–Kier alpha value is -1.88. The number of amides is 2. The fourth-order valence-electron chi connectivity index (χ4n) is 1.62. The zero-order chi connectivity index (χ0) is 17.3. The number of carbonyl (C=O) groups excluding carboxylic acids is 1. The summed E-state index contributed by atoms with van der Waals surface area (Å²) in [5.41, 5.74) is -0.786. The molecule has 1 heterocycles. The average Bonchev–Trinajstić information content (AvgIpc) is 2.19. The average molecular weight is 336 g/mol. The van der Waals surface area contributed by atoms with Crippen LogP contribution in [0.1, 0.15) is 20.8 Å². The molecule has 1 fully saturated rings. The molecule has 0 saturated carbocycles. The lowest BCUT2D eigenvalue weighted by Gasteiger charge is -2.41. The van der Waals surface area contributed by atoms with Gasteiger partial charge in [0.2, 0.25) is 16.0 Å². The first kappa shape index (κ1) is 18.2. The topological polar surface area (TPSA) is 143 Å². The molecule has 0 aromatic heterocycles. The Bertz CT molecular complexity index is 588. The quantitative estimate of drug-likeness (QED) is 0.501. The molecular weight excluding hydrogens is 316 g/mol. The van der Waals surface area contributed by atoms with Gasteiger partial charge in [0.1, 0.15) is 10.9 Å². The van der Waals surface area contributed by atoms with Crippen LogP contribution in [0.15, 0.2) is 4.99 Å². The third kappa shape index (κ3) is 4.84. The molecule has 0 bridgehead atoms. The van der Waals surface area contributed by atoms with E-state index in [0.29, 0.717) is 4.90 Å². The number of sulfonamides is 1. The van der Waals surface area contributed by atoms with Crippen LogP contribution < -0.4 is 5.14 Å². The molecule has 0 unspecified atom stereocenters. The second-order valence-corrected chi connectivity index (χ2v) is 7.69. The number of hydrogen-bond acceptors (Lipinski definition) is 5. The minimum atomic E-state index is -3.71. The fourth-order valence-corrected chi connectivity index (χ4v) is 2.39. The van der Waals surface area contributed by atoms with Crippen LogP contribution in [0.3, 0.4) is 0 Å². The van der Waals surface area contributed by atoms with Crippen molar-refractivity contribution in [3.8, 4) is 0 Å². The Morgan fingerprint density at radius 2 is 1.86 bits per heavy atom. The molecular formula is C11H20N4O6S. The van der Waals surface area contributed by atoms with Gasteiger partial charge < -0.3 is 14.7 Å². The molecule has 11 heteroatoms. The molecule has 1 aliphatic rings. The third-order valence-electron chi connectivity index (χ3n) is 2.77. The normalized spacial score (nSPS) is 17.0. The van der Waals surface area contributed by atoms with Gasteiger partial charge in [-0.05, 0) is 20.8 Å². The summed E-state index contributed by atoms with van der Waals surface area (Å²) < 4.78 is 27.4. The molecule has 1 aliphatic heterocycles. The number of ether oxygens (including phenoxy) is 1. The second kappa shape index (κ2) is 6.08. The molecule has 0 radical (unpaired) electrons. The van der Waals surface area contributed by atoms with Gasteiger partial charge in [0.15, 0.2) is 0 Å². The Kier molecular flexibility index (Phi) is 5.03. The minimum Gasteiger partial charge on any atom is -0.465 e. The van der Waals surface area contributed by atoms with Gasteiger partial charge in [-0.15, -0.1) is 4.99 Å². The lowest BCUT2D eigenvalue weighted by molar-refractivity contribution is 0.0597. The standard InChI is InChI=1S/C11H20N4O6S/c1-11(2,3)21-9(16)13-8(14(4)10(17)18)15-5-7(6-15)22(12,19)20/h7H,5-6H2,1-4H3,(H,17,18)(H2,12,19,20). The van der Waals surface area contributed by atoms with Crippen LogP contribution in [0.25, 0.3) is 0 Å². The van der Waals surface area contributed by atoms with Gasteiger partial charge in [-0.3, -0.25) is 4.90 Å². The van der Waals surface area contributed by atoms with Gasteiger partial charge in [0.25, 0.3) is 0 Å². The summed E-state index contributed by atoms with van der Waals surface area (Å²) in [6.07, 6.45) is -2.31. The Morgan fingerprint density at radius 3 is 2.23 bits per heavy atom. The van der Waals surface area contributed by atoms with Crippen molar-refractivity contribution >= 4 is 28.2 Å². The summed E-state index contributed by atoms with van der Waals surface area (Å²) in [5.74, 6) is -0.207. The third-order valence-corrected chi connectivity index (χ3v) is 3.99. The number of hydrogen-bond donors (Lipinski definition) is 2. The molecule has 3 N–H and O–H groups in total. The van der Waals surface area contributed by atoms with Crippen molar-refractivity contribution in [3.05, 3.63) is 0 Å². The van der Waals surface area contributed by atoms with E-state index in [9.17, 15) is 18.0 Å². The lowest BCUT2D eigenvalue weighted by Crippen LogP contribution is -2.62. The Morgan fingerprint density at radius 1 is 1.36 bits per heavy atom. The molecule has 0 atom stereocenters. The summed E-state index contributed by atoms with van der Waals surface area (Å²) in [6.45, 7) is 4.83. The maximum atomic E-state index is 11.7. The number of primary sulfonamides is 1. The highest BCUT2D eigenvalue weighted by atomic mass is 32.2. The van der Waals surface area contributed by atoms with E-state index in [1.807, 2.05) is 0 Å². The molecule has 126 valence electrons. The number of carbonyl (C=O) groups is 2. The number of carboxylic acid groups (broad SMARTS) is 1. The van der Waals surface area contributed by atoms with Crippen LogP contribution in [0, 0.1) is 0 Å². The molecule has 1 saturated heterocycles. The predicted octanol–water partition coefficient (Wildman–Crippen LogP) is -0.140. The Balaban J connectivity index is 2.92. The molecule has 0 aromatic carbocycles. The first-order chi connectivity index (χ1) is 9.81. The number of guanidine groups is 1. The maximum Gasteiger partial charge on any atom is 0.437 e. The smallest absolute Gasteiger partial charge is 0.437 e. The van der Waals surface area contributed by atoms with Crippen molar-refractivity contribution < 1.29 is 27.9 Å². The first-order valence-corrected chi connectivity index (χ1v) is 7.97. The largest absolute Gasteiger partial charge is 0.465 e. The van der Waals surface area contributed by atoms with E-state index in [-0.39, 0.29) is 19.0 Å². The first-order valence-electron chi connectivity index (χ1n) is 6.36. The fraction of sp³-hybridized carbons (Fsp3) is 0.727. The van der Waals surface area contributed by atoms with Crippen molar-refractivity contribution in [1.29, 1.82) is 0 Å². The van der Waals surface area contributed by atoms with Crippen molar-refractivity contribution in [3.63, 3.8) is 0 Å². The number of rotatable bonds is 1. The minimum absolute atomic E-state index is 0.0436. The SMILES string of the molecule is CN(C(=O)O)C(=NC(=O)OC(C)(C)C)N1CC(S(N)(=O)=O)C1. The van der Waals surface area contributed by atoms with E-state index in [0.717, 1.165) is 0 Å². The van der Waals surface area contributed by atoms with Crippen LogP contribution in [0.5, 0.6) is 0 Å². The van der Waals surface area contributed by atoms with Crippen molar-refractivity contribution in [2.45, 2.75) is 31.6 Å². The lowest BCUT2D eigenvalue weighted by atomic mass is 10.2. The molecule has 2 amide bonds. The van der Waals surface area contributed by atoms with E-state index in [4.69, 9.17) is 15.0 Å². The van der Waals surface area contributed by atoms with Crippen LogP contribution in [0.4, 0.5) is 9.59 Å². The van der Waals surface area contributed by atoms with Gasteiger partial charge in [0.05, 0.1) is 0 Å². The van der Waals surface area contributed by atoms with Crippen LogP contribution in [-0.4, -0.2) is 72.5 Å². The highest BCUT2D eigenvalue weighted by Gasteiger charge is 2.39. The van der Waals surface area contributed by atoms with Gasteiger partial charge in [-0.1, -0.05) is 0 Å². The summed E-state index contributed by atoms with van der Waals surface area (Å²) in [5, 5.41) is 13.2. The number of likely N-dealkylation sites (tertiary alicyclic amines) is 1. The number of nitrogens with zero attached hydrogens (tertiary/aromatic N) is 3. The van der Waals surface area contributed by atoms with Crippen LogP contribution in [0.2, 0.25) is 0 Å². The van der Waals surface area contributed by atoms with Crippen LogP contribution in [-0.2, 0) is 14.8 Å². The Labute approximate surface area is 128 Å². The molecule has 0 aliphatic carbocycles. The second-order valence-electron chi connectivity index (χ2n) is 5.85. The number of aliphatic imine (C=N–C) groups is 1. The number of nitrogens with two attached hydrogens (primary N) is 1. The summed E-state index contributed by atoms with van der Waals surface area (Å²) in [7, 11) is -2.52. The van der Waals surface area contributed by atoms with Gasteiger partial charge in [0, 0.05) is 20.1 Å². The molecule has 1 rings (SSSR count). The van der Waals surface area contributed by atoms with Crippen molar-refractivity contribution in [2.24, 2.45) is 10.1 Å². The summed E-state index contributed by atoms with van der Waals surface area (Å²) in [6, 6.07) is 0. The molecule has 22 heavy (non-hydrogen) atoms. The highest BCUT2D eigenvalue weighted by Crippen LogP contribution is 2.17. The zero-order valence-corrected chi connectivity index (χ0v) is 13.6. The van der Waals surface area contributed by atoms with Crippen LogP contribution >= 0.6 is 0 Å². The van der Waals surface area contributed by atoms with E-state index < -0.39 is 33.1 Å². The predicted molar refractivity (Wildman–Crippen MR) is 77.9 cm³/mol. The molecule has 10 nitrogen and oxygen atoms in total. The van der Waals surface area contributed by atoms with Crippen molar-refractivity contribution in [2.75, 3.05) is 20.1 Å². The molecule has 0 spiro atoms.